The summed E-state index contributed by atoms with van der Waals surface area (Å²) in [5, 5.41) is 9.09. The van der Waals surface area contributed by atoms with Gasteiger partial charge in [0.25, 0.3) is 5.91 Å². The molecule has 2 aromatic rings. The van der Waals surface area contributed by atoms with E-state index in [0.717, 1.165) is 11.1 Å². The largest absolute Gasteiger partial charge is 0.493 e. The van der Waals surface area contributed by atoms with E-state index in [9.17, 15) is 9.59 Å². The molecule has 0 spiro atoms. The number of nitrogens with zero attached hydrogens (tertiary/aromatic N) is 2. The third kappa shape index (κ3) is 3.46. The van der Waals surface area contributed by atoms with E-state index in [-0.39, 0.29) is 17.2 Å². The first kappa shape index (κ1) is 17.7. The SMILES string of the molecule is COc1cc2c(cc1OC)CCN(C(=O)c1cc(C(=O)O)ccn1)CC2. The van der Waals surface area contributed by atoms with E-state index in [2.05, 4.69) is 4.98 Å². The average molecular weight is 356 g/mol. The number of pyridine rings is 1. The highest BCUT2D eigenvalue weighted by Crippen LogP contribution is 2.32. The number of ether oxygens (including phenoxy) is 2. The van der Waals surface area contributed by atoms with Crippen LogP contribution in [0.3, 0.4) is 0 Å². The van der Waals surface area contributed by atoms with E-state index in [4.69, 9.17) is 14.6 Å². The third-order valence-corrected chi connectivity index (χ3v) is 4.52. The Hall–Kier alpha value is -3.09. The number of carboxylic acid groups (broad SMARTS) is 1. The van der Waals surface area contributed by atoms with Crippen LogP contribution in [-0.4, -0.2) is 54.2 Å². The zero-order valence-corrected chi connectivity index (χ0v) is 14.7. The number of rotatable bonds is 4. The van der Waals surface area contributed by atoms with Crippen LogP contribution in [0, 0.1) is 0 Å². The fraction of sp³-hybridized carbons (Fsp3) is 0.316. The fourth-order valence-corrected chi connectivity index (χ4v) is 3.10. The average Bonchev–Trinajstić information content (AvgIpc) is 2.88. The standard InChI is InChI=1S/C19H20N2O5/c1-25-16-10-12-4-7-21(8-5-13(12)11-17(16)26-2)18(22)15-9-14(19(23)24)3-6-20-15/h3,6,9-11H,4-5,7-8H2,1-2H3,(H,23,24). The summed E-state index contributed by atoms with van der Waals surface area (Å²) in [6.07, 6.45) is 2.71. The zero-order chi connectivity index (χ0) is 18.7. The number of carbonyl (C=O) groups is 2. The van der Waals surface area contributed by atoms with Crippen LogP contribution < -0.4 is 9.47 Å². The smallest absolute Gasteiger partial charge is 0.335 e. The number of carbonyl (C=O) groups excluding carboxylic acids is 1. The predicted octanol–water partition coefficient (Wildman–Crippen LogP) is 2.04. The van der Waals surface area contributed by atoms with Crippen molar-refractivity contribution in [1.29, 1.82) is 0 Å². The van der Waals surface area contributed by atoms with Gasteiger partial charge in [0.05, 0.1) is 19.8 Å². The molecule has 26 heavy (non-hydrogen) atoms. The van der Waals surface area contributed by atoms with Crippen molar-refractivity contribution in [1.82, 2.24) is 9.88 Å². The Morgan fingerprint density at radius 3 is 2.12 bits per heavy atom. The molecule has 0 aliphatic carbocycles. The van der Waals surface area contributed by atoms with Gasteiger partial charge in [0, 0.05) is 19.3 Å². The molecule has 0 unspecified atom stereocenters. The normalized spacial score (nSPS) is 13.5. The highest BCUT2D eigenvalue weighted by molar-refractivity contribution is 5.95. The van der Waals surface area contributed by atoms with Crippen molar-refractivity contribution in [2.45, 2.75) is 12.8 Å². The second-order valence-electron chi connectivity index (χ2n) is 6.00. The van der Waals surface area contributed by atoms with Crippen molar-refractivity contribution in [2.24, 2.45) is 0 Å². The molecule has 1 aromatic carbocycles. The molecular weight excluding hydrogens is 336 g/mol. The Bertz CT molecular complexity index is 815. The molecule has 3 rings (SSSR count). The first-order chi connectivity index (χ1) is 12.5. The fourth-order valence-electron chi connectivity index (χ4n) is 3.10. The van der Waals surface area contributed by atoms with Crippen LogP contribution in [0.15, 0.2) is 30.5 Å². The zero-order valence-electron chi connectivity index (χ0n) is 14.7. The molecule has 0 fully saturated rings. The van der Waals surface area contributed by atoms with Crippen molar-refractivity contribution in [3.8, 4) is 11.5 Å². The Morgan fingerprint density at radius 2 is 1.62 bits per heavy atom. The van der Waals surface area contributed by atoms with Gasteiger partial charge in [0.1, 0.15) is 5.69 Å². The van der Waals surface area contributed by atoms with E-state index in [1.165, 1.54) is 18.3 Å². The second kappa shape index (κ2) is 7.43. The molecular formula is C19H20N2O5. The number of hydrogen-bond acceptors (Lipinski definition) is 5. The lowest BCUT2D eigenvalue weighted by molar-refractivity contribution is 0.0696. The molecule has 2 heterocycles. The molecule has 0 radical (unpaired) electrons. The van der Waals surface area contributed by atoms with E-state index in [1.54, 1.807) is 19.1 Å². The van der Waals surface area contributed by atoms with E-state index >= 15 is 0 Å². The summed E-state index contributed by atoms with van der Waals surface area (Å²) in [7, 11) is 3.19. The number of carboxylic acids is 1. The summed E-state index contributed by atoms with van der Waals surface area (Å²) in [6.45, 7) is 1.06. The van der Waals surface area contributed by atoms with Crippen LogP contribution in [-0.2, 0) is 12.8 Å². The van der Waals surface area contributed by atoms with Crippen molar-refractivity contribution < 1.29 is 24.2 Å². The van der Waals surface area contributed by atoms with Gasteiger partial charge in [0.15, 0.2) is 11.5 Å². The summed E-state index contributed by atoms with van der Waals surface area (Å²) >= 11 is 0. The number of hydrogen-bond donors (Lipinski definition) is 1. The second-order valence-corrected chi connectivity index (χ2v) is 6.00. The molecule has 0 saturated carbocycles. The summed E-state index contributed by atoms with van der Waals surface area (Å²) in [5.41, 5.74) is 2.43. The van der Waals surface area contributed by atoms with Crippen LogP contribution >= 0.6 is 0 Å². The summed E-state index contributed by atoms with van der Waals surface area (Å²) in [4.78, 5) is 29.6. The molecule has 1 aliphatic rings. The minimum atomic E-state index is -1.08. The quantitative estimate of drug-likeness (QED) is 0.902. The van der Waals surface area contributed by atoms with Crippen LogP contribution in [0.25, 0.3) is 0 Å². The summed E-state index contributed by atoms with van der Waals surface area (Å²) in [5.74, 6) is -0.00699. The maximum Gasteiger partial charge on any atom is 0.335 e. The number of amides is 1. The van der Waals surface area contributed by atoms with Gasteiger partial charge in [-0.1, -0.05) is 0 Å². The van der Waals surface area contributed by atoms with Gasteiger partial charge in [-0.15, -0.1) is 0 Å². The molecule has 7 nitrogen and oxygen atoms in total. The molecule has 0 atom stereocenters. The topological polar surface area (TPSA) is 89.0 Å². The lowest BCUT2D eigenvalue weighted by atomic mass is 10.0. The molecule has 0 saturated heterocycles. The first-order valence-corrected chi connectivity index (χ1v) is 8.26. The minimum Gasteiger partial charge on any atom is -0.493 e. The molecule has 0 bridgehead atoms. The van der Waals surface area contributed by atoms with E-state index in [1.807, 2.05) is 12.1 Å². The lowest BCUT2D eigenvalue weighted by Gasteiger charge is -2.19. The molecule has 136 valence electrons. The van der Waals surface area contributed by atoms with Gasteiger partial charge < -0.3 is 19.5 Å². The highest BCUT2D eigenvalue weighted by atomic mass is 16.5. The van der Waals surface area contributed by atoms with E-state index < -0.39 is 5.97 Å². The van der Waals surface area contributed by atoms with Crippen molar-refractivity contribution in [3.05, 3.63) is 52.8 Å². The van der Waals surface area contributed by atoms with Gasteiger partial charge >= 0.3 is 5.97 Å². The van der Waals surface area contributed by atoms with Crippen molar-refractivity contribution >= 4 is 11.9 Å². The van der Waals surface area contributed by atoms with Crippen molar-refractivity contribution in [2.75, 3.05) is 27.3 Å². The number of aromatic nitrogens is 1. The number of aromatic carboxylic acids is 1. The maximum atomic E-state index is 12.7. The van der Waals surface area contributed by atoms with E-state index in [0.29, 0.717) is 37.4 Å². The summed E-state index contributed by atoms with van der Waals surface area (Å²) in [6, 6.07) is 6.58. The lowest BCUT2D eigenvalue weighted by Crippen LogP contribution is -2.34. The van der Waals surface area contributed by atoms with Gasteiger partial charge in [-0.25, -0.2) is 4.79 Å². The Kier molecular flexibility index (Phi) is 5.06. The molecule has 1 aromatic heterocycles. The Balaban J connectivity index is 1.81. The number of benzene rings is 1. The predicted molar refractivity (Wildman–Crippen MR) is 94.1 cm³/mol. The molecule has 1 amide bonds. The molecule has 1 N–H and O–H groups in total. The number of fused-ring (bicyclic) bond motifs is 1. The van der Waals surface area contributed by atoms with Crippen LogP contribution in [0.4, 0.5) is 0 Å². The van der Waals surface area contributed by atoms with Crippen LogP contribution in [0.2, 0.25) is 0 Å². The first-order valence-electron chi connectivity index (χ1n) is 8.26. The van der Waals surface area contributed by atoms with Gasteiger partial charge in [-0.05, 0) is 48.2 Å². The van der Waals surface area contributed by atoms with Crippen LogP contribution in [0.5, 0.6) is 11.5 Å². The molecule has 1 aliphatic heterocycles. The van der Waals surface area contributed by atoms with Crippen LogP contribution in [0.1, 0.15) is 32.0 Å². The highest BCUT2D eigenvalue weighted by Gasteiger charge is 2.23. The Morgan fingerprint density at radius 1 is 1.04 bits per heavy atom. The Labute approximate surface area is 151 Å². The summed E-state index contributed by atoms with van der Waals surface area (Å²) < 4.78 is 10.7. The van der Waals surface area contributed by atoms with Crippen molar-refractivity contribution in [3.63, 3.8) is 0 Å². The van der Waals surface area contributed by atoms with Gasteiger partial charge in [-0.3, -0.25) is 9.78 Å². The van der Waals surface area contributed by atoms with Gasteiger partial charge in [0.2, 0.25) is 0 Å². The minimum absolute atomic E-state index is 0.0518. The third-order valence-electron chi connectivity index (χ3n) is 4.52. The molecule has 7 heteroatoms. The maximum absolute atomic E-state index is 12.7. The monoisotopic (exact) mass is 356 g/mol. The van der Waals surface area contributed by atoms with Gasteiger partial charge in [-0.2, -0.15) is 0 Å². The number of methoxy groups -OCH3 is 2.